The van der Waals surface area contributed by atoms with E-state index in [1.165, 1.54) is 12.1 Å². The first-order chi connectivity index (χ1) is 16.1. The molecule has 0 unspecified atom stereocenters. The number of halogens is 1. The standard InChI is InChI=1S/C23H24FN5O4S/c1-5-13-32-18-11-9-16(10-12-18)26-21-20(24)15-25-22(28-21)27-17-7-6-8-19(14-17)34(30,31)29-33-23(2,3)4/h1,6-12,14-15,29H,13H2,2-4H3,(H2,25,26,27,28). The number of ether oxygens (including phenoxy) is 1. The molecule has 11 heteroatoms. The van der Waals surface area contributed by atoms with Crippen molar-refractivity contribution in [1.82, 2.24) is 14.9 Å². The van der Waals surface area contributed by atoms with Gasteiger partial charge in [-0.05, 0) is 63.2 Å². The summed E-state index contributed by atoms with van der Waals surface area (Å²) in [5, 5.41) is 5.74. The summed E-state index contributed by atoms with van der Waals surface area (Å²) in [5.74, 6) is 2.27. The van der Waals surface area contributed by atoms with Gasteiger partial charge in [-0.3, -0.25) is 4.84 Å². The van der Waals surface area contributed by atoms with Gasteiger partial charge in [-0.15, -0.1) is 6.42 Å². The van der Waals surface area contributed by atoms with Crippen LogP contribution < -0.4 is 20.3 Å². The van der Waals surface area contributed by atoms with E-state index in [9.17, 15) is 12.8 Å². The number of nitrogens with zero attached hydrogens (tertiary/aromatic N) is 2. The Morgan fingerprint density at radius 1 is 1.09 bits per heavy atom. The van der Waals surface area contributed by atoms with Crippen molar-refractivity contribution in [2.24, 2.45) is 0 Å². The molecular formula is C23H24FN5O4S. The molecule has 0 aliphatic heterocycles. The molecule has 34 heavy (non-hydrogen) atoms. The first-order valence-electron chi connectivity index (χ1n) is 10.1. The van der Waals surface area contributed by atoms with Crippen molar-refractivity contribution in [3.63, 3.8) is 0 Å². The van der Waals surface area contributed by atoms with Crippen LogP contribution >= 0.6 is 0 Å². The molecule has 0 atom stereocenters. The third-order valence-corrected chi connectivity index (χ3v) is 5.22. The van der Waals surface area contributed by atoms with Gasteiger partial charge in [0.2, 0.25) is 5.95 Å². The Hall–Kier alpha value is -3.72. The van der Waals surface area contributed by atoms with Crippen LogP contribution in [0.4, 0.5) is 27.5 Å². The second kappa shape index (κ2) is 10.5. The van der Waals surface area contributed by atoms with Crippen LogP contribution in [0.15, 0.2) is 59.6 Å². The molecular weight excluding hydrogens is 461 g/mol. The van der Waals surface area contributed by atoms with E-state index < -0.39 is 21.4 Å². The van der Waals surface area contributed by atoms with E-state index in [2.05, 4.69) is 31.4 Å². The molecule has 178 valence electrons. The van der Waals surface area contributed by atoms with E-state index in [4.69, 9.17) is 16.0 Å². The van der Waals surface area contributed by atoms with Crippen LogP contribution in [-0.2, 0) is 14.9 Å². The average Bonchev–Trinajstić information content (AvgIpc) is 2.79. The summed E-state index contributed by atoms with van der Waals surface area (Å²) in [7, 11) is -3.92. The monoisotopic (exact) mass is 485 g/mol. The van der Waals surface area contributed by atoms with Crippen LogP contribution in [0.3, 0.4) is 0 Å². The molecule has 0 fully saturated rings. The van der Waals surface area contributed by atoms with E-state index in [0.717, 1.165) is 6.20 Å². The Bertz CT molecular complexity index is 1290. The highest BCUT2D eigenvalue weighted by atomic mass is 32.2. The largest absolute Gasteiger partial charge is 0.481 e. The molecule has 1 aromatic heterocycles. The minimum Gasteiger partial charge on any atom is -0.481 e. The normalized spacial score (nSPS) is 11.5. The Kier molecular flexibility index (Phi) is 7.68. The zero-order valence-corrected chi connectivity index (χ0v) is 19.6. The number of sulfonamides is 1. The Morgan fingerprint density at radius 2 is 1.82 bits per heavy atom. The van der Waals surface area contributed by atoms with Crippen molar-refractivity contribution in [1.29, 1.82) is 0 Å². The van der Waals surface area contributed by atoms with Crippen molar-refractivity contribution < 1.29 is 22.4 Å². The summed E-state index contributed by atoms with van der Waals surface area (Å²) in [5.41, 5.74) is 0.240. The van der Waals surface area contributed by atoms with Gasteiger partial charge in [0.15, 0.2) is 11.6 Å². The maximum Gasteiger partial charge on any atom is 0.262 e. The minimum atomic E-state index is -3.92. The predicted octanol–water partition coefficient (Wildman–Crippen LogP) is 4.12. The Balaban J connectivity index is 1.74. The summed E-state index contributed by atoms with van der Waals surface area (Å²) in [4.78, 5) is 15.3. The average molecular weight is 486 g/mol. The number of aromatic nitrogens is 2. The van der Waals surface area contributed by atoms with Gasteiger partial charge in [0.25, 0.3) is 10.0 Å². The first-order valence-corrected chi connectivity index (χ1v) is 11.6. The van der Waals surface area contributed by atoms with Crippen LogP contribution in [0.5, 0.6) is 5.75 Å². The van der Waals surface area contributed by atoms with Crippen molar-refractivity contribution in [3.05, 3.63) is 60.5 Å². The van der Waals surface area contributed by atoms with Gasteiger partial charge in [0, 0.05) is 11.4 Å². The zero-order valence-electron chi connectivity index (χ0n) is 18.8. The number of terminal acetylenes is 1. The van der Waals surface area contributed by atoms with Crippen LogP contribution in [0.25, 0.3) is 0 Å². The van der Waals surface area contributed by atoms with Gasteiger partial charge in [0.1, 0.15) is 12.4 Å². The van der Waals surface area contributed by atoms with E-state index in [-0.39, 0.29) is 23.3 Å². The van der Waals surface area contributed by atoms with Crippen LogP contribution in [0.2, 0.25) is 0 Å². The molecule has 0 radical (unpaired) electrons. The SMILES string of the molecule is C#CCOc1ccc(Nc2nc(Nc3cccc(S(=O)(=O)NOC(C)(C)C)c3)ncc2F)cc1. The van der Waals surface area contributed by atoms with Crippen molar-refractivity contribution in [3.8, 4) is 18.1 Å². The number of nitrogens with one attached hydrogen (secondary N) is 3. The molecule has 0 saturated heterocycles. The summed E-state index contributed by atoms with van der Waals surface area (Å²) in [6, 6.07) is 12.7. The molecule has 2 aromatic carbocycles. The van der Waals surface area contributed by atoms with E-state index in [0.29, 0.717) is 17.1 Å². The molecule has 1 heterocycles. The molecule has 0 spiro atoms. The molecule has 3 N–H and O–H groups in total. The van der Waals surface area contributed by atoms with Crippen LogP contribution in [0, 0.1) is 18.2 Å². The second-order valence-electron chi connectivity index (χ2n) is 7.99. The van der Waals surface area contributed by atoms with Gasteiger partial charge >= 0.3 is 0 Å². The Morgan fingerprint density at radius 3 is 2.50 bits per heavy atom. The minimum absolute atomic E-state index is 0.0330. The summed E-state index contributed by atoms with van der Waals surface area (Å²) in [6.07, 6.45) is 6.17. The second-order valence-corrected chi connectivity index (χ2v) is 9.63. The Labute approximate surface area is 197 Å². The molecule has 3 aromatic rings. The van der Waals surface area contributed by atoms with Gasteiger partial charge in [0.05, 0.1) is 16.7 Å². The van der Waals surface area contributed by atoms with Crippen molar-refractivity contribution >= 4 is 33.2 Å². The molecule has 0 saturated carbocycles. The lowest BCUT2D eigenvalue weighted by atomic mass is 10.2. The summed E-state index contributed by atoms with van der Waals surface area (Å²) in [6.45, 7) is 5.29. The highest BCUT2D eigenvalue weighted by Gasteiger charge is 2.20. The van der Waals surface area contributed by atoms with E-state index >= 15 is 0 Å². The molecule has 0 bridgehead atoms. The van der Waals surface area contributed by atoms with Gasteiger partial charge in [-0.2, -0.15) is 4.98 Å². The van der Waals surface area contributed by atoms with Gasteiger partial charge in [-0.1, -0.05) is 16.9 Å². The lowest BCUT2D eigenvalue weighted by Gasteiger charge is -2.19. The summed E-state index contributed by atoms with van der Waals surface area (Å²) >= 11 is 0. The van der Waals surface area contributed by atoms with E-state index in [1.807, 2.05) is 0 Å². The third-order valence-electron chi connectivity index (χ3n) is 4.04. The number of anilines is 4. The highest BCUT2D eigenvalue weighted by molar-refractivity contribution is 7.89. The molecule has 3 rings (SSSR count). The highest BCUT2D eigenvalue weighted by Crippen LogP contribution is 2.23. The lowest BCUT2D eigenvalue weighted by molar-refractivity contribution is -0.0357. The number of hydrogen-bond acceptors (Lipinski definition) is 8. The number of benzene rings is 2. The molecule has 0 amide bonds. The fourth-order valence-corrected chi connectivity index (χ4v) is 3.51. The van der Waals surface area contributed by atoms with Crippen molar-refractivity contribution in [2.45, 2.75) is 31.3 Å². The quantitative estimate of drug-likeness (QED) is 0.306. The third kappa shape index (κ3) is 7.14. The summed E-state index contributed by atoms with van der Waals surface area (Å²) < 4.78 is 44.6. The first kappa shape index (κ1) is 24.9. The maximum absolute atomic E-state index is 14.3. The molecule has 9 nitrogen and oxygen atoms in total. The molecule has 0 aliphatic carbocycles. The fraction of sp³-hybridized carbons (Fsp3) is 0.217. The van der Waals surface area contributed by atoms with E-state index in [1.54, 1.807) is 57.2 Å². The number of hydrogen-bond donors (Lipinski definition) is 3. The predicted molar refractivity (Wildman–Crippen MR) is 127 cm³/mol. The molecule has 0 aliphatic rings. The van der Waals surface area contributed by atoms with Gasteiger partial charge in [-0.25, -0.2) is 17.8 Å². The number of rotatable bonds is 9. The zero-order chi connectivity index (χ0) is 24.8. The topological polar surface area (TPSA) is 114 Å². The van der Waals surface area contributed by atoms with Gasteiger partial charge < -0.3 is 15.4 Å². The smallest absolute Gasteiger partial charge is 0.262 e. The maximum atomic E-state index is 14.3. The lowest BCUT2D eigenvalue weighted by Crippen LogP contribution is -2.33. The van der Waals surface area contributed by atoms with Crippen LogP contribution in [0.1, 0.15) is 20.8 Å². The van der Waals surface area contributed by atoms with Crippen molar-refractivity contribution in [2.75, 3.05) is 17.2 Å². The van der Waals surface area contributed by atoms with Crippen LogP contribution in [-0.4, -0.2) is 30.6 Å². The fourth-order valence-electron chi connectivity index (χ4n) is 2.51.